The molecule has 0 atom stereocenters. The van der Waals surface area contributed by atoms with Crippen LogP contribution >= 0.6 is 23.4 Å². The maximum absolute atomic E-state index is 13.2. The highest BCUT2D eigenvalue weighted by Crippen LogP contribution is 2.39. The van der Waals surface area contributed by atoms with Crippen molar-refractivity contribution in [1.29, 1.82) is 0 Å². The first kappa shape index (κ1) is 21.1. The van der Waals surface area contributed by atoms with Gasteiger partial charge in [-0.25, -0.2) is 4.99 Å². The molecule has 0 aromatic heterocycles. The average molecular weight is 443 g/mol. The van der Waals surface area contributed by atoms with Crippen molar-refractivity contribution in [2.24, 2.45) is 4.99 Å². The Morgan fingerprint density at radius 3 is 2.59 bits per heavy atom. The molecule has 5 nitrogen and oxygen atoms in total. The number of aliphatic imine (C=N–C) groups is 1. The molecule has 1 fully saturated rings. The number of nitrogens with zero attached hydrogens (tertiary/aromatic N) is 1. The monoisotopic (exact) mass is 442 g/mol. The summed E-state index contributed by atoms with van der Waals surface area (Å²) in [5, 5.41) is 2.43. The summed E-state index contributed by atoms with van der Waals surface area (Å²) in [6.45, 7) is 0. The van der Waals surface area contributed by atoms with Gasteiger partial charge in [0.25, 0.3) is 5.91 Å². The first-order valence-corrected chi connectivity index (χ1v) is 9.29. The molecule has 1 amide bonds. The zero-order valence-electron chi connectivity index (χ0n) is 15.1. The van der Waals surface area contributed by atoms with Crippen LogP contribution in [-0.4, -0.2) is 25.3 Å². The fraction of sp³-hybridized carbons (Fsp3) is 0.158. The fourth-order valence-corrected chi connectivity index (χ4v) is 3.59. The van der Waals surface area contributed by atoms with E-state index in [9.17, 15) is 18.0 Å². The number of rotatable bonds is 4. The maximum Gasteiger partial charge on any atom is 0.418 e. The van der Waals surface area contributed by atoms with Crippen molar-refractivity contribution in [3.63, 3.8) is 0 Å². The van der Waals surface area contributed by atoms with Gasteiger partial charge in [-0.2, -0.15) is 13.2 Å². The molecule has 0 radical (unpaired) electrons. The van der Waals surface area contributed by atoms with Crippen LogP contribution in [0.3, 0.4) is 0 Å². The lowest BCUT2D eigenvalue weighted by atomic mass is 10.1. The van der Waals surface area contributed by atoms with Gasteiger partial charge in [0, 0.05) is 10.6 Å². The number of halogens is 4. The molecular formula is C19H14ClF3N2O3S. The Morgan fingerprint density at radius 2 is 1.93 bits per heavy atom. The molecule has 0 spiro atoms. The van der Waals surface area contributed by atoms with Gasteiger partial charge in [-0.05, 0) is 42.1 Å². The number of carbonyl (C=O) groups is 1. The van der Waals surface area contributed by atoms with Crippen LogP contribution in [0.1, 0.15) is 11.1 Å². The van der Waals surface area contributed by atoms with Gasteiger partial charge in [-0.3, -0.25) is 4.79 Å². The molecular weight excluding hydrogens is 429 g/mol. The minimum absolute atomic E-state index is 0.0240. The van der Waals surface area contributed by atoms with Crippen molar-refractivity contribution in [2.75, 3.05) is 14.2 Å². The number of hydrogen-bond donors (Lipinski definition) is 1. The summed E-state index contributed by atoms with van der Waals surface area (Å²) in [5.41, 5.74) is -0.752. The highest BCUT2D eigenvalue weighted by Gasteiger charge is 2.34. The SMILES string of the molecule is COc1cccc(C=C2SC(=Nc3ccc(Cl)cc3C(F)(F)F)NC2=O)c1OC. The lowest BCUT2D eigenvalue weighted by molar-refractivity contribution is -0.137. The zero-order chi connectivity index (χ0) is 21.2. The predicted octanol–water partition coefficient (Wildman–Crippen LogP) is 5.27. The number of methoxy groups -OCH3 is 2. The van der Waals surface area contributed by atoms with Crippen molar-refractivity contribution < 1.29 is 27.4 Å². The van der Waals surface area contributed by atoms with E-state index in [1.807, 2.05) is 0 Å². The molecule has 0 aliphatic carbocycles. The van der Waals surface area contributed by atoms with E-state index in [4.69, 9.17) is 21.1 Å². The van der Waals surface area contributed by atoms with Crippen LogP contribution in [0.4, 0.5) is 18.9 Å². The van der Waals surface area contributed by atoms with Crippen LogP contribution in [0.2, 0.25) is 5.02 Å². The van der Waals surface area contributed by atoms with Crippen LogP contribution < -0.4 is 14.8 Å². The van der Waals surface area contributed by atoms with Gasteiger partial charge in [0.1, 0.15) is 0 Å². The standard InChI is InChI=1S/C19H14ClF3N2O3S/c1-27-14-5-3-4-10(16(14)28-2)8-15-17(26)25-18(29-15)24-13-7-6-11(20)9-12(13)19(21,22)23/h3-9H,1-2H3,(H,24,25,26). The molecule has 0 saturated carbocycles. The molecule has 1 saturated heterocycles. The van der Waals surface area contributed by atoms with E-state index in [2.05, 4.69) is 10.3 Å². The third-order valence-corrected chi connectivity index (χ3v) is 5.00. The number of amidine groups is 1. The minimum Gasteiger partial charge on any atom is -0.493 e. The maximum atomic E-state index is 13.2. The van der Waals surface area contributed by atoms with Crippen molar-refractivity contribution in [3.05, 3.63) is 57.5 Å². The third-order valence-electron chi connectivity index (χ3n) is 3.86. The average Bonchev–Trinajstić information content (AvgIpc) is 3.01. The van der Waals surface area contributed by atoms with E-state index in [1.165, 1.54) is 20.3 Å². The normalized spacial score (nSPS) is 17.0. The predicted molar refractivity (Wildman–Crippen MR) is 107 cm³/mol. The number of ether oxygens (including phenoxy) is 2. The molecule has 1 heterocycles. The number of benzene rings is 2. The van der Waals surface area contributed by atoms with E-state index < -0.39 is 17.6 Å². The molecule has 3 rings (SSSR count). The van der Waals surface area contributed by atoms with E-state index in [-0.39, 0.29) is 20.8 Å². The number of thioether (sulfide) groups is 1. The lowest BCUT2D eigenvalue weighted by Crippen LogP contribution is -2.19. The Morgan fingerprint density at radius 1 is 1.17 bits per heavy atom. The molecule has 29 heavy (non-hydrogen) atoms. The lowest BCUT2D eigenvalue weighted by Gasteiger charge is -2.10. The second-order valence-corrected chi connectivity index (χ2v) is 7.19. The Hall–Kier alpha value is -2.65. The Kier molecular flexibility index (Phi) is 6.09. The second kappa shape index (κ2) is 8.38. The molecule has 152 valence electrons. The fourth-order valence-electron chi connectivity index (χ4n) is 2.59. The van der Waals surface area contributed by atoms with Crippen LogP contribution in [0, 0.1) is 0 Å². The summed E-state index contributed by atoms with van der Waals surface area (Å²) in [6, 6.07) is 8.39. The quantitative estimate of drug-likeness (QED) is 0.655. The number of amides is 1. The molecule has 1 aliphatic rings. The summed E-state index contributed by atoms with van der Waals surface area (Å²) in [4.78, 5) is 16.5. The van der Waals surface area contributed by atoms with E-state index in [0.717, 1.165) is 23.9 Å². The minimum atomic E-state index is -4.63. The number of hydrogen-bond acceptors (Lipinski definition) is 5. The summed E-state index contributed by atoms with van der Waals surface area (Å²) in [5.74, 6) is 0.426. The van der Waals surface area contributed by atoms with Gasteiger partial charge in [-0.1, -0.05) is 23.7 Å². The van der Waals surface area contributed by atoms with E-state index in [0.29, 0.717) is 17.1 Å². The van der Waals surface area contributed by atoms with E-state index in [1.54, 1.807) is 24.3 Å². The van der Waals surface area contributed by atoms with Crippen molar-refractivity contribution in [3.8, 4) is 11.5 Å². The molecule has 2 aromatic rings. The number of nitrogens with one attached hydrogen (secondary N) is 1. The number of carbonyl (C=O) groups excluding carboxylic acids is 1. The zero-order valence-corrected chi connectivity index (χ0v) is 16.7. The van der Waals surface area contributed by atoms with Crippen molar-refractivity contribution >= 4 is 46.2 Å². The van der Waals surface area contributed by atoms with Gasteiger partial charge >= 0.3 is 6.18 Å². The Bertz CT molecular complexity index is 1020. The summed E-state index contributed by atoms with van der Waals surface area (Å²) in [7, 11) is 2.95. The highest BCUT2D eigenvalue weighted by molar-refractivity contribution is 8.18. The van der Waals surface area contributed by atoms with Gasteiger partial charge in [0.15, 0.2) is 16.7 Å². The summed E-state index contributed by atoms with van der Waals surface area (Å²) in [6.07, 6.45) is -3.08. The molecule has 0 bridgehead atoms. The van der Waals surface area contributed by atoms with Crippen LogP contribution in [-0.2, 0) is 11.0 Å². The molecule has 1 aliphatic heterocycles. The van der Waals surface area contributed by atoms with E-state index >= 15 is 0 Å². The number of alkyl halides is 3. The van der Waals surface area contributed by atoms with Crippen LogP contribution in [0.25, 0.3) is 6.08 Å². The first-order chi connectivity index (χ1) is 13.7. The summed E-state index contributed by atoms with van der Waals surface area (Å²) < 4.78 is 50.3. The van der Waals surface area contributed by atoms with Crippen molar-refractivity contribution in [1.82, 2.24) is 5.32 Å². The molecule has 0 unspecified atom stereocenters. The number of para-hydroxylation sites is 1. The Balaban J connectivity index is 1.95. The molecule has 1 N–H and O–H groups in total. The van der Waals surface area contributed by atoms with Gasteiger partial charge in [-0.15, -0.1) is 0 Å². The largest absolute Gasteiger partial charge is 0.493 e. The highest BCUT2D eigenvalue weighted by atomic mass is 35.5. The smallest absolute Gasteiger partial charge is 0.418 e. The third kappa shape index (κ3) is 4.68. The molecule has 10 heteroatoms. The van der Waals surface area contributed by atoms with Gasteiger partial charge in [0.2, 0.25) is 0 Å². The van der Waals surface area contributed by atoms with Crippen molar-refractivity contribution in [2.45, 2.75) is 6.18 Å². The second-order valence-electron chi connectivity index (χ2n) is 5.72. The van der Waals surface area contributed by atoms with Gasteiger partial charge < -0.3 is 14.8 Å². The van der Waals surface area contributed by atoms with Crippen LogP contribution in [0.5, 0.6) is 11.5 Å². The van der Waals surface area contributed by atoms with Gasteiger partial charge in [0.05, 0.1) is 30.4 Å². The topological polar surface area (TPSA) is 59.9 Å². The summed E-state index contributed by atoms with van der Waals surface area (Å²) >= 11 is 6.59. The first-order valence-electron chi connectivity index (χ1n) is 8.10. The molecule has 2 aromatic carbocycles. The van der Waals surface area contributed by atoms with Crippen LogP contribution in [0.15, 0.2) is 46.3 Å². The Labute approximate surface area is 173 Å².